The van der Waals surface area contributed by atoms with Crippen molar-refractivity contribution < 1.29 is 9.66 Å². The molecule has 6 nitrogen and oxygen atoms in total. The second-order valence-electron chi connectivity index (χ2n) is 3.69. The van der Waals surface area contributed by atoms with E-state index >= 15 is 0 Å². The number of methoxy groups -OCH3 is 1. The Labute approximate surface area is 132 Å². The van der Waals surface area contributed by atoms with Gasteiger partial charge in [0.15, 0.2) is 4.47 Å². The monoisotopic (exact) mass is 377 g/mol. The van der Waals surface area contributed by atoms with Crippen molar-refractivity contribution in [2.75, 3.05) is 12.4 Å². The second kappa shape index (κ2) is 6.38. The maximum atomic E-state index is 11.1. The molecule has 0 aliphatic carbocycles. The predicted octanol–water partition coefficient (Wildman–Crippen LogP) is 4.09. The number of hydrogen-bond acceptors (Lipinski definition) is 6. The maximum absolute atomic E-state index is 11.1. The molecular formula is C11H9BrClN3O3S. The molecule has 2 rings (SSSR count). The van der Waals surface area contributed by atoms with E-state index in [0.717, 1.165) is 4.88 Å². The van der Waals surface area contributed by atoms with Gasteiger partial charge in [0.05, 0.1) is 29.1 Å². The Bertz CT molecular complexity index is 650. The standard InChI is InChI=1S/C11H9BrClN3O3S/c1-19-6-2-8(12)10(9(3-6)16(17)18)14-4-7-5-15-11(13)20-7/h2-3,5,14H,4H2,1H3. The Balaban J connectivity index is 2.28. The van der Waals surface area contributed by atoms with E-state index in [1.807, 2.05) is 0 Å². The normalized spacial score (nSPS) is 10.3. The highest BCUT2D eigenvalue weighted by molar-refractivity contribution is 9.10. The minimum absolute atomic E-state index is 0.0631. The number of ether oxygens (including phenoxy) is 1. The fraction of sp³-hybridized carbons (Fsp3) is 0.182. The van der Waals surface area contributed by atoms with Crippen LogP contribution in [-0.2, 0) is 6.54 Å². The van der Waals surface area contributed by atoms with Crippen LogP contribution >= 0.6 is 38.9 Å². The minimum atomic E-state index is -0.463. The van der Waals surface area contributed by atoms with Gasteiger partial charge in [0, 0.05) is 11.1 Å². The largest absolute Gasteiger partial charge is 0.496 e. The Morgan fingerprint density at radius 1 is 1.60 bits per heavy atom. The Kier molecular flexibility index (Phi) is 4.79. The van der Waals surface area contributed by atoms with Crippen LogP contribution in [0.5, 0.6) is 5.75 Å². The molecule has 0 fully saturated rings. The number of halogens is 2. The number of aromatic nitrogens is 1. The van der Waals surface area contributed by atoms with Crippen LogP contribution in [0.3, 0.4) is 0 Å². The summed E-state index contributed by atoms with van der Waals surface area (Å²) in [6, 6.07) is 3.03. The summed E-state index contributed by atoms with van der Waals surface area (Å²) in [4.78, 5) is 15.4. The van der Waals surface area contributed by atoms with Gasteiger partial charge in [0.2, 0.25) is 0 Å². The number of benzene rings is 1. The zero-order valence-corrected chi connectivity index (χ0v) is 13.4. The van der Waals surface area contributed by atoms with Crippen LogP contribution in [0.1, 0.15) is 4.88 Å². The quantitative estimate of drug-likeness (QED) is 0.626. The van der Waals surface area contributed by atoms with Crippen molar-refractivity contribution in [2.24, 2.45) is 0 Å². The molecule has 106 valence electrons. The highest BCUT2D eigenvalue weighted by Crippen LogP contribution is 2.37. The van der Waals surface area contributed by atoms with Crippen molar-refractivity contribution in [1.29, 1.82) is 0 Å². The lowest BCUT2D eigenvalue weighted by Crippen LogP contribution is -2.03. The van der Waals surface area contributed by atoms with Gasteiger partial charge in [-0.1, -0.05) is 11.6 Å². The molecule has 0 radical (unpaired) electrons. The lowest BCUT2D eigenvalue weighted by molar-refractivity contribution is -0.384. The van der Waals surface area contributed by atoms with Crippen LogP contribution < -0.4 is 10.1 Å². The van der Waals surface area contributed by atoms with Gasteiger partial charge in [-0.2, -0.15) is 0 Å². The summed E-state index contributed by atoms with van der Waals surface area (Å²) in [5.74, 6) is 0.412. The molecule has 0 spiro atoms. The van der Waals surface area contributed by atoms with Crippen molar-refractivity contribution in [2.45, 2.75) is 6.54 Å². The maximum Gasteiger partial charge on any atom is 0.297 e. The van der Waals surface area contributed by atoms with Gasteiger partial charge in [-0.15, -0.1) is 11.3 Å². The highest BCUT2D eigenvalue weighted by atomic mass is 79.9. The summed E-state index contributed by atoms with van der Waals surface area (Å²) >= 11 is 10.4. The third kappa shape index (κ3) is 3.38. The molecule has 0 atom stereocenters. The number of nitrogens with one attached hydrogen (secondary N) is 1. The zero-order valence-electron chi connectivity index (χ0n) is 10.2. The SMILES string of the molecule is COc1cc(Br)c(NCc2cnc(Cl)s2)c([N+](=O)[O-])c1. The van der Waals surface area contributed by atoms with E-state index in [1.54, 1.807) is 12.3 Å². The predicted molar refractivity (Wildman–Crippen MR) is 81.8 cm³/mol. The molecule has 20 heavy (non-hydrogen) atoms. The molecule has 0 amide bonds. The number of rotatable bonds is 5. The smallest absolute Gasteiger partial charge is 0.297 e. The van der Waals surface area contributed by atoms with Crippen molar-refractivity contribution in [3.63, 3.8) is 0 Å². The molecule has 0 aliphatic heterocycles. The van der Waals surface area contributed by atoms with E-state index in [-0.39, 0.29) is 5.69 Å². The minimum Gasteiger partial charge on any atom is -0.496 e. The van der Waals surface area contributed by atoms with Crippen molar-refractivity contribution >= 4 is 50.2 Å². The first-order valence-electron chi connectivity index (χ1n) is 5.37. The highest BCUT2D eigenvalue weighted by Gasteiger charge is 2.19. The van der Waals surface area contributed by atoms with E-state index in [9.17, 15) is 10.1 Å². The molecule has 9 heteroatoms. The first-order valence-corrected chi connectivity index (χ1v) is 7.36. The molecule has 0 aliphatic rings. The van der Waals surface area contributed by atoms with Crippen LogP contribution in [0.25, 0.3) is 0 Å². The van der Waals surface area contributed by atoms with Gasteiger partial charge in [0.1, 0.15) is 11.4 Å². The van der Waals surface area contributed by atoms with Crippen molar-refractivity contribution in [3.05, 3.63) is 42.3 Å². The average Bonchev–Trinajstić information content (AvgIpc) is 2.82. The Morgan fingerprint density at radius 2 is 2.35 bits per heavy atom. The molecule has 2 aromatic rings. The summed E-state index contributed by atoms with van der Waals surface area (Å²) in [6.07, 6.45) is 1.63. The molecular weight excluding hydrogens is 370 g/mol. The zero-order chi connectivity index (χ0) is 14.7. The molecule has 1 heterocycles. The van der Waals surface area contributed by atoms with Crippen LogP contribution in [0.15, 0.2) is 22.8 Å². The number of anilines is 1. The molecule has 1 N–H and O–H groups in total. The fourth-order valence-corrected chi connectivity index (χ4v) is 3.03. The average molecular weight is 379 g/mol. The lowest BCUT2D eigenvalue weighted by Gasteiger charge is -2.10. The van der Waals surface area contributed by atoms with E-state index in [4.69, 9.17) is 16.3 Å². The van der Waals surface area contributed by atoms with Crippen LogP contribution in [0.4, 0.5) is 11.4 Å². The number of nitro groups is 1. The lowest BCUT2D eigenvalue weighted by atomic mass is 10.2. The summed E-state index contributed by atoms with van der Waals surface area (Å²) in [5.41, 5.74) is 0.326. The van der Waals surface area contributed by atoms with Gasteiger partial charge < -0.3 is 10.1 Å². The molecule has 0 saturated carbocycles. The number of hydrogen-bond donors (Lipinski definition) is 1. The Morgan fingerprint density at radius 3 is 2.90 bits per heavy atom. The van der Waals surface area contributed by atoms with Crippen LogP contribution in [-0.4, -0.2) is 17.0 Å². The summed E-state index contributed by atoms with van der Waals surface area (Å²) in [6.45, 7) is 0.399. The number of nitro benzene ring substituents is 1. The molecule has 1 aromatic carbocycles. The number of nitrogens with zero attached hydrogens (tertiary/aromatic N) is 2. The third-order valence-corrected chi connectivity index (χ3v) is 4.18. The molecule has 0 saturated heterocycles. The molecule has 1 aromatic heterocycles. The Hall–Kier alpha value is -1.38. The summed E-state index contributed by atoms with van der Waals surface area (Å²) in [7, 11) is 1.46. The van der Waals surface area contributed by atoms with E-state index < -0.39 is 4.92 Å². The topological polar surface area (TPSA) is 77.3 Å². The van der Waals surface area contributed by atoms with Crippen LogP contribution in [0.2, 0.25) is 4.47 Å². The first kappa shape index (κ1) is 15.0. The van der Waals surface area contributed by atoms with Gasteiger partial charge in [-0.3, -0.25) is 10.1 Å². The number of thiazole rings is 1. The van der Waals surface area contributed by atoms with Crippen molar-refractivity contribution in [1.82, 2.24) is 4.98 Å². The second-order valence-corrected chi connectivity index (χ2v) is 6.25. The van der Waals surface area contributed by atoms with Gasteiger partial charge in [-0.05, 0) is 22.0 Å². The van der Waals surface area contributed by atoms with Gasteiger partial charge in [0.25, 0.3) is 5.69 Å². The fourth-order valence-electron chi connectivity index (χ4n) is 1.55. The third-order valence-electron chi connectivity index (χ3n) is 2.44. The summed E-state index contributed by atoms with van der Waals surface area (Å²) < 4.78 is 6.01. The molecule has 0 unspecified atom stereocenters. The summed E-state index contributed by atoms with van der Waals surface area (Å²) in [5, 5.41) is 14.1. The van der Waals surface area contributed by atoms with Gasteiger partial charge >= 0.3 is 0 Å². The molecule has 0 bridgehead atoms. The van der Waals surface area contributed by atoms with Crippen molar-refractivity contribution in [3.8, 4) is 5.75 Å². The van der Waals surface area contributed by atoms with Gasteiger partial charge in [-0.25, -0.2) is 4.98 Å². The first-order chi connectivity index (χ1) is 9.51. The van der Waals surface area contributed by atoms with Crippen LogP contribution in [0, 0.1) is 10.1 Å². The van der Waals surface area contributed by atoms with E-state index in [1.165, 1.54) is 24.5 Å². The van der Waals surface area contributed by atoms with E-state index in [0.29, 0.717) is 26.9 Å². The van der Waals surface area contributed by atoms with E-state index in [2.05, 4.69) is 26.2 Å².